The van der Waals surface area contributed by atoms with Gasteiger partial charge in [0.05, 0.1) is 10.7 Å². The van der Waals surface area contributed by atoms with Crippen molar-refractivity contribution in [3.05, 3.63) is 28.9 Å². The minimum absolute atomic E-state index is 0.00550. The molecular formula is C13H11ClN2O4. The zero-order chi connectivity index (χ0) is 14.5. The monoisotopic (exact) mass is 294 g/mol. The van der Waals surface area contributed by atoms with Crippen LogP contribution in [0.1, 0.15) is 24.3 Å². The number of aromatic carboxylic acids is 1. The number of hydrogen-bond acceptors (Lipinski definition) is 4. The summed E-state index contributed by atoms with van der Waals surface area (Å²) >= 11 is 6.19. The van der Waals surface area contributed by atoms with Crippen molar-refractivity contribution in [1.29, 1.82) is 0 Å². The van der Waals surface area contributed by atoms with Crippen molar-refractivity contribution < 1.29 is 19.4 Å². The van der Waals surface area contributed by atoms with E-state index in [4.69, 9.17) is 26.2 Å². The summed E-state index contributed by atoms with van der Waals surface area (Å²) < 4.78 is 11.2. The minimum Gasteiger partial charge on any atom is -0.477 e. The van der Waals surface area contributed by atoms with Gasteiger partial charge in [-0.3, -0.25) is 5.10 Å². The normalized spacial score (nSPS) is 15.3. The molecule has 0 aliphatic carbocycles. The Hall–Kier alpha value is -2.21. The molecule has 1 aliphatic rings. The Bertz CT molecular complexity index is 708. The van der Waals surface area contributed by atoms with E-state index < -0.39 is 11.8 Å². The Kier molecular flexibility index (Phi) is 2.65. The van der Waals surface area contributed by atoms with Crippen LogP contribution in [0.3, 0.4) is 0 Å². The molecule has 3 rings (SSSR count). The van der Waals surface area contributed by atoms with Crippen LogP contribution in [0.15, 0.2) is 18.2 Å². The van der Waals surface area contributed by atoms with Crippen LogP contribution < -0.4 is 9.47 Å². The Morgan fingerprint density at radius 3 is 2.55 bits per heavy atom. The van der Waals surface area contributed by atoms with Crippen molar-refractivity contribution in [2.24, 2.45) is 0 Å². The molecule has 20 heavy (non-hydrogen) atoms. The van der Waals surface area contributed by atoms with E-state index in [0.717, 1.165) is 0 Å². The third kappa shape index (κ3) is 2.08. The van der Waals surface area contributed by atoms with Gasteiger partial charge in [0.25, 0.3) is 0 Å². The standard InChI is InChI=1S/C13H11ClN2O4/c1-13(2)19-10-3-6(7(14)4-11(10)20-13)8-5-9(12(17)18)16-15-8/h3-5H,1-2H3,(H,15,16)(H,17,18). The van der Waals surface area contributed by atoms with Crippen molar-refractivity contribution in [2.75, 3.05) is 0 Å². The molecule has 2 heterocycles. The molecule has 7 heteroatoms. The lowest BCUT2D eigenvalue weighted by molar-refractivity contribution is -0.0431. The Morgan fingerprint density at radius 1 is 1.30 bits per heavy atom. The molecule has 0 bridgehead atoms. The molecule has 2 N–H and O–H groups in total. The maximum absolute atomic E-state index is 10.9. The van der Waals surface area contributed by atoms with Crippen molar-refractivity contribution in [2.45, 2.75) is 19.6 Å². The first-order valence-electron chi connectivity index (χ1n) is 5.86. The Labute approximate surface area is 119 Å². The maximum Gasteiger partial charge on any atom is 0.353 e. The molecule has 0 amide bonds. The van der Waals surface area contributed by atoms with E-state index in [1.165, 1.54) is 6.07 Å². The molecule has 1 aromatic carbocycles. The Morgan fingerprint density at radius 2 is 1.95 bits per heavy atom. The predicted octanol–water partition coefficient (Wildman–Crippen LogP) is 2.94. The number of hydrogen-bond donors (Lipinski definition) is 2. The van der Waals surface area contributed by atoms with Crippen molar-refractivity contribution >= 4 is 17.6 Å². The smallest absolute Gasteiger partial charge is 0.353 e. The minimum atomic E-state index is -1.08. The Balaban J connectivity index is 2.05. The quantitative estimate of drug-likeness (QED) is 0.889. The van der Waals surface area contributed by atoms with Crippen LogP contribution in [-0.2, 0) is 0 Å². The number of H-pyrrole nitrogens is 1. The van der Waals surface area contributed by atoms with Gasteiger partial charge in [0.15, 0.2) is 11.5 Å². The molecule has 1 aliphatic heterocycles. The van der Waals surface area contributed by atoms with Gasteiger partial charge in [-0.2, -0.15) is 5.10 Å². The van der Waals surface area contributed by atoms with Gasteiger partial charge in [0, 0.05) is 25.5 Å². The summed E-state index contributed by atoms with van der Waals surface area (Å²) in [5, 5.41) is 15.7. The molecule has 0 atom stereocenters. The van der Waals surface area contributed by atoms with Gasteiger partial charge in [-0.1, -0.05) is 11.6 Å². The number of fused-ring (bicyclic) bond motifs is 1. The van der Waals surface area contributed by atoms with Crippen molar-refractivity contribution in [1.82, 2.24) is 10.2 Å². The number of carbonyl (C=O) groups is 1. The summed E-state index contributed by atoms with van der Waals surface area (Å²) in [6.45, 7) is 3.58. The second kappa shape index (κ2) is 4.14. The second-order valence-corrected chi connectivity index (χ2v) is 5.26. The number of halogens is 1. The van der Waals surface area contributed by atoms with E-state index in [1.807, 2.05) is 0 Å². The first kappa shape index (κ1) is 12.8. The number of rotatable bonds is 2. The average Bonchev–Trinajstić information content (AvgIpc) is 2.90. The zero-order valence-electron chi connectivity index (χ0n) is 10.7. The van der Waals surface area contributed by atoms with Gasteiger partial charge in [-0.15, -0.1) is 0 Å². The lowest BCUT2D eigenvalue weighted by Gasteiger charge is -2.16. The van der Waals surface area contributed by atoms with E-state index in [1.54, 1.807) is 26.0 Å². The lowest BCUT2D eigenvalue weighted by atomic mass is 10.1. The third-order valence-corrected chi connectivity index (χ3v) is 3.14. The summed E-state index contributed by atoms with van der Waals surface area (Å²) in [6, 6.07) is 4.74. The van der Waals surface area contributed by atoms with Crippen LogP contribution in [-0.4, -0.2) is 27.1 Å². The van der Waals surface area contributed by atoms with Crippen LogP contribution in [0, 0.1) is 0 Å². The first-order valence-corrected chi connectivity index (χ1v) is 6.24. The van der Waals surface area contributed by atoms with Crippen molar-refractivity contribution in [3.63, 3.8) is 0 Å². The summed E-state index contributed by atoms with van der Waals surface area (Å²) in [6.07, 6.45) is 0. The summed E-state index contributed by atoms with van der Waals surface area (Å²) in [5.74, 6) is -0.726. The summed E-state index contributed by atoms with van der Waals surface area (Å²) in [7, 11) is 0. The highest BCUT2D eigenvalue weighted by Gasteiger charge is 2.32. The van der Waals surface area contributed by atoms with Crippen molar-refractivity contribution in [3.8, 4) is 22.8 Å². The number of aromatic amines is 1. The van der Waals surface area contributed by atoms with Gasteiger partial charge in [-0.05, 0) is 12.1 Å². The van der Waals surface area contributed by atoms with Gasteiger partial charge in [-0.25, -0.2) is 4.79 Å². The number of carboxylic acid groups (broad SMARTS) is 1. The van der Waals surface area contributed by atoms with E-state index in [0.29, 0.717) is 27.8 Å². The van der Waals surface area contributed by atoms with Crippen LogP contribution in [0.2, 0.25) is 5.02 Å². The van der Waals surface area contributed by atoms with Gasteiger partial charge in [0.1, 0.15) is 5.69 Å². The number of nitrogens with zero attached hydrogens (tertiary/aromatic N) is 1. The van der Waals surface area contributed by atoms with Crippen LogP contribution >= 0.6 is 11.6 Å². The number of benzene rings is 1. The third-order valence-electron chi connectivity index (χ3n) is 2.83. The zero-order valence-corrected chi connectivity index (χ0v) is 11.5. The fourth-order valence-electron chi connectivity index (χ4n) is 2.01. The fourth-order valence-corrected chi connectivity index (χ4v) is 2.26. The predicted molar refractivity (Wildman–Crippen MR) is 71.3 cm³/mol. The topological polar surface area (TPSA) is 84.4 Å². The fraction of sp³-hybridized carbons (Fsp3) is 0.231. The van der Waals surface area contributed by atoms with Gasteiger partial charge < -0.3 is 14.6 Å². The van der Waals surface area contributed by atoms with E-state index in [-0.39, 0.29) is 5.69 Å². The largest absolute Gasteiger partial charge is 0.477 e. The molecule has 104 valence electrons. The average molecular weight is 295 g/mol. The number of ether oxygens (including phenoxy) is 2. The highest BCUT2D eigenvalue weighted by molar-refractivity contribution is 6.33. The van der Waals surface area contributed by atoms with E-state index in [9.17, 15) is 4.79 Å². The molecule has 0 saturated heterocycles. The molecule has 0 spiro atoms. The molecule has 1 aromatic heterocycles. The molecule has 0 unspecified atom stereocenters. The summed E-state index contributed by atoms with van der Waals surface area (Å²) in [4.78, 5) is 10.9. The van der Waals surface area contributed by atoms with Gasteiger partial charge in [0.2, 0.25) is 5.79 Å². The number of carboxylic acids is 1. The van der Waals surface area contributed by atoms with Crippen LogP contribution in [0.5, 0.6) is 11.5 Å². The molecule has 6 nitrogen and oxygen atoms in total. The van der Waals surface area contributed by atoms with Gasteiger partial charge >= 0.3 is 5.97 Å². The second-order valence-electron chi connectivity index (χ2n) is 4.85. The van der Waals surface area contributed by atoms with E-state index >= 15 is 0 Å². The van der Waals surface area contributed by atoms with E-state index in [2.05, 4.69) is 10.2 Å². The molecular weight excluding hydrogens is 284 g/mol. The molecule has 0 fully saturated rings. The SMILES string of the molecule is CC1(C)Oc2cc(Cl)c(-c3cc(C(=O)O)[nH]n3)cc2O1. The highest BCUT2D eigenvalue weighted by Crippen LogP contribution is 2.44. The van der Waals surface area contributed by atoms with Crippen LogP contribution in [0.25, 0.3) is 11.3 Å². The number of aromatic nitrogens is 2. The molecule has 0 saturated carbocycles. The molecule has 2 aromatic rings. The first-order chi connectivity index (χ1) is 9.35. The highest BCUT2D eigenvalue weighted by atomic mass is 35.5. The number of nitrogens with one attached hydrogen (secondary N) is 1. The molecule has 0 radical (unpaired) electrons. The summed E-state index contributed by atoms with van der Waals surface area (Å²) in [5.41, 5.74) is 1.01. The van der Waals surface area contributed by atoms with Crippen LogP contribution in [0.4, 0.5) is 0 Å². The maximum atomic E-state index is 10.9. The lowest BCUT2D eigenvalue weighted by Crippen LogP contribution is -2.29.